The van der Waals surface area contributed by atoms with E-state index in [1.165, 1.54) is 6.42 Å². The van der Waals surface area contributed by atoms with Crippen molar-refractivity contribution in [2.24, 2.45) is 11.3 Å². The van der Waals surface area contributed by atoms with Crippen molar-refractivity contribution < 1.29 is 9.59 Å². The Morgan fingerprint density at radius 1 is 1.12 bits per heavy atom. The first-order valence-corrected chi connectivity index (χ1v) is 9.57. The van der Waals surface area contributed by atoms with E-state index in [9.17, 15) is 9.59 Å². The maximum absolute atomic E-state index is 11.9. The molecular weight excluding hydrogens is 326 g/mol. The van der Waals surface area contributed by atoms with Crippen LogP contribution in [0.2, 0.25) is 0 Å². The molecule has 0 aromatic carbocycles. The number of rotatable bonds is 9. The molecule has 0 rings (SSSR count). The maximum Gasteiger partial charge on any atom is 0.223 e. The van der Waals surface area contributed by atoms with Crippen LogP contribution in [0.5, 0.6) is 0 Å². The topological polar surface area (TPSA) is 70.2 Å². The van der Waals surface area contributed by atoms with E-state index in [0.29, 0.717) is 13.0 Å². The first kappa shape index (κ1) is 29.4. The van der Waals surface area contributed by atoms with Crippen molar-refractivity contribution in [2.45, 2.75) is 73.8 Å². The van der Waals surface area contributed by atoms with Crippen LogP contribution < -0.4 is 16.0 Å². The van der Waals surface area contributed by atoms with E-state index in [4.69, 9.17) is 6.42 Å². The van der Waals surface area contributed by atoms with Gasteiger partial charge in [-0.2, -0.15) is 0 Å². The van der Waals surface area contributed by atoms with Crippen LogP contribution >= 0.6 is 0 Å². The molecule has 1 unspecified atom stereocenters. The first-order valence-electron chi connectivity index (χ1n) is 9.57. The number of Topliss-reactive ketones (excluding diaryl/α,β-unsaturated/α-hetero) is 1. The highest BCUT2D eigenvalue weighted by molar-refractivity contribution is 5.83. The van der Waals surface area contributed by atoms with Gasteiger partial charge in [0.2, 0.25) is 5.91 Å². The highest BCUT2D eigenvalue weighted by Crippen LogP contribution is 2.28. The molecule has 0 saturated carbocycles. The van der Waals surface area contributed by atoms with E-state index in [-0.39, 0.29) is 23.7 Å². The molecule has 0 aromatic heterocycles. The lowest BCUT2D eigenvalue weighted by atomic mass is 9.78. The monoisotopic (exact) mass is 369 g/mol. The summed E-state index contributed by atoms with van der Waals surface area (Å²) in [6.45, 7) is 15.2. The van der Waals surface area contributed by atoms with Crippen molar-refractivity contribution in [3.63, 3.8) is 0 Å². The summed E-state index contributed by atoms with van der Waals surface area (Å²) in [4.78, 5) is 23.3. The van der Waals surface area contributed by atoms with E-state index in [1.54, 1.807) is 6.92 Å². The summed E-state index contributed by atoms with van der Waals surface area (Å²) in [7, 11) is 3.78. The summed E-state index contributed by atoms with van der Waals surface area (Å²) in [5.74, 6) is 2.54. The largest absolute Gasteiger partial charge is 0.354 e. The molecule has 0 heterocycles. The predicted molar refractivity (Wildman–Crippen MR) is 113 cm³/mol. The standard InChI is InChI=1S/C13H25NO2.C4H11N.C4H7N/c1-7-11(12(16)14-9(2)3)8-13(5,6)10(4)15;2*1-3-4-5-2/h9,11H,7-8H2,1-6H3,(H,14,16);5H,3-4H2,1-2H3;1,5H,4H2,2H3. The maximum atomic E-state index is 11.9. The number of terminal acetylenes is 1. The Morgan fingerprint density at radius 3 is 1.85 bits per heavy atom. The Bertz CT molecular complexity index is 397. The molecule has 0 saturated heterocycles. The molecule has 1 atom stereocenters. The van der Waals surface area contributed by atoms with Gasteiger partial charge < -0.3 is 16.0 Å². The average Bonchev–Trinajstić information content (AvgIpc) is 2.54. The van der Waals surface area contributed by atoms with E-state index < -0.39 is 5.41 Å². The average molecular weight is 370 g/mol. The summed E-state index contributed by atoms with van der Waals surface area (Å²) < 4.78 is 0. The summed E-state index contributed by atoms with van der Waals surface area (Å²) in [6.07, 6.45) is 7.45. The van der Waals surface area contributed by atoms with Gasteiger partial charge in [-0.05, 0) is 60.7 Å². The third kappa shape index (κ3) is 19.0. The van der Waals surface area contributed by atoms with Crippen molar-refractivity contribution in [2.75, 3.05) is 27.2 Å². The SMILES string of the molecule is C#CCNC.CCC(CC(C)(C)C(C)=O)C(=O)NC(C)C.CCCNC. The third-order valence-corrected chi connectivity index (χ3v) is 3.78. The van der Waals surface area contributed by atoms with Crippen molar-refractivity contribution in [3.8, 4) is 12.3 Å². The molecule has 0 aromatic rings. The molecular formula is C21H43N3O2. The zero-order chi connectivity index (χ0) is 21.2. The fraction of sp³-hybridized carbons (Fsp3) is 0.810. The van der Waals surface area contributed by atoms with Crippen LogP contribution in [-0.2, 0) is 9.59 Å². The molecule has 3 N–H and O–H groups in total. The highest BCUT2D eigenvalue weighted by Gasteiger charge is 2.30. The molecule has 0 spiro atoms. The number of carbonyl (C=O) groups is 2. The second-order valence-corrected chi connectivity index (χ2v) is 7.25. The number of ketones is 1. The van der Waals surface area contributed by atoms with Gasteiger partial charge in [-0.15, -0.1) is 6.42 Å². The number of amides is 1. The molecule has 0 radical (unpaired) electrons. The Hall–Kier alpha value is -1.38. The molecule has 1 amide bonds. The molecule has 5 heteroatoms. The molecule has 0 aliphatic carbocycles. The molecule has 0 aliphatic rings. The van der Waals surface area contributed by atoms with Crippen LogP contribution in [0.4, 0.5) is 0 Å². The van der Waals surface area contributed by atoms with Crippen molar-refractivity contribution in [1.82, 2.24) is 16.0 Å². The number of nitrogens with one attached hydrogen (secondary N) is 3. The lowest BCUT2D eigenvalue weighted by Crippen LogP contribution is -2.38. The van der Waals surface area contributed by atoms with E-state index >= 15 is 0 Å². The van der Waals surface area contributed by atoms with Gasteiger partial charge in [0.25, 0.3) is 0 Å². The van der Waals surface area contributed by atoms with E-state index in [2.05, 4.69) is 28.8 Å². The van der Waals surface area contributed by atoms with Crippen LogP contribution in [0, 0.1) is 23.7 Å². The highest BCUT2D eigenvalue weighted by atomic mass is 16.2. The minimum absolute atomic E-state index is 0.0619. The second kappa shape index (κ2) is 18.4. The lowest BCUT2D eigenvalue weighted by Gasteiger charge is -2.26. The Labute approximate surface area is 162 Å². The molecule has 0 bridgehead atoms. The van der Waals surface area contributed by atoms with Gasteiger partial charge in [-0.3, -0.25) is 9.59 Å². The molecule has 154 valence electrons. The summed E-state index contributed by atoms with van der Waals surface area (Å²) in [5, 5.41) is 8.70. The molecule has 26 heavy (non-hydrogen) atoms. The quantitative estimate of drug-likeness (QED) is 0.547. The summed E-state index contributed by atoms with van der Waals surface area (Å²) in [5.41, 5.74) is -0.408. The van der Waals surface area contributed by atoms with Gasteiger partial charge in [0, 0.05) is 17.4 Å². The van der Waals surface area contributed by atoms with Gasteiger partial charge in [0.1, 0.15) is 5.78 Å². The van der Waals surface area contributed by atoms with E-state index in [0.717, 1.165) is 13.0 Å². The molecule has 0 aliphatic heterocycles. The molecule has 0 fully saturated rings. The van der Waals surface area contributed by atoms with Crippen LogP contribution in [0.3, 0.4) is 0 Å². The van der Waals surface area contributed by atoms with Gasteiger partial charge in [0.15, 0.2) is 0 Å². The lowest BCUT2D eigenvalue weighted by molar-refractivity contribution is -0.129. The van der Waals surface area contributed by atoms with Crippen LogP contribution in [-0.4, -0.2) is 44.9 Å². The van der Waals surface area contributed by atoms with Gasteiger partial charge in [-0.1, -0.05) is 33.6 Å². The van der Waals surface area contributed by atoms with Gasteiger partial charge >= 0.3 is 0 Å². The zero-order valence-electron chi connectivity index (χ0n) is 18.6. The smallest absolute Gasteiger partial charge is 0.223 e. The second-order valence-electron chi connectivity index (χ2n) is 7.25. The van der Waals surface area contributed by atoms with Crippen LogP contribution in [0.15, 0.2) is 0 Å². The van der Waals surface area contributed by atoms with Crippen molar-refractivity contribution in [1.29, 1.82) is 0 Å². The fourth-order valence-electron chi connectivity index (χ4n) is 1.94. The fourth-order valence-corrected chi connectivity index (χ4v) is 1.94. The minimum atomic E-state index is -0.408. The number of hydrogen-bond acceptors (Lipinski definition) is 4. The normalized spacial score (nSPS) is 11.3. The van der Waals surface area contributed by atoms with Gasteiger partial charge in [-0.25, -0.2) is 0 Å². The zero-order valence-corrected chi connectivity index (χ0v) is 18.6. The van der Waals surface area contributed by atoms with Crippen molar-refractivity contribution >= 4 is 11.7 Å². The van der Waals surface area contributed by atoms with Crippen LogP contribution in [0.1, 0.15) is 67.7 Å². The van der Waals surface area contributed by atoms with Gasteiger partial charge in [0.05, 0.1) is 6.54 Å². The Kier molecular flexibility index (Phi) is 20.8. The number of carbonyl (C=O) groups excluding carboxylic acids is 2. The van der Waals surface area contributed by atoms with E-state index in [1.807, 2.05) is 48.7 Å². The Balaban J connectivity index is -0.000000433. The first-order chi connectivity index (χ1) is 12.0. The summed E-state index contributed by atoms with van der Waals surface area (Å²) >= 11 is 0. The predicted octanol–water partition coefficient (Wildman–Crippen LogP) is 3.00. The number of hydrogen-bond donors (Lipinski definition) is 3. The Morgan fingerprint density at radius 2 is 1.65 bits per heavy atom. The van der Waals surface area contributed by atoms with Crippen LogP contribution in [0.25, 0.3) is 0 Å². The third-order valence-electron chi connectivity index (χ3n) is 3.78. The minimum Gasteiger partial charge on any atom is -0.354 e. The molecule has 5 nitrogen and oxygen atoms in total. The summed E-state index contributed by atoms with van der Waals surface area (Å²) in [6, 6.07) is 0.155. The van der Waals surface area contributed by atoms with Crippen molar-refractivity contribution in [3.05, 3.63) is 0 Å².